The van der Waals surface area contributed by atoms with E-state index < -0.39 is 5.41 Å². The number of anilines is 6. The average molecular weight is 1280 g/mol. The van der Waals surface area contributed by atoms with Gasteiger partial charge in [-0.3, -0.25) is 0 Å². The molecule has 1 unspecified atom stereocenters. The molecule has 0 saturated heterocycles. The fraction of sp³-hybridized carbons (Fsp3) is 0.275. The molecule has 482 valence electrons. The van der Waals surface area contributed by atoms with Crippen LogP contribution in [0.25, 0.3) is 75.2 Å². The van der Waals surface area contributed by atoms with Gasteiger partial charge in [0, 0.05) is 75.6 Å². The summed E-state index contributed by atoms with van der Waals surface area (Å²) in [6, 6.07) is 84.1. The van der Waals surface area contributed by atoms with Crippen molar-refractivity contribution >= 4 is 110 Å². The van der Waals surface area contributed by atoms with Gasteiger partial charge in [0.1, 0.15) is 16.7 Å². The summed E-state index contributed by atoms with van der Waals surface area (Å²) in [5.74, 6) is 0. The number of para-hydroxylation sites is 1. The van der Waals surface area contributed by atoms with E-state index in [0.29, 0.717) is 0 Å². The Bertz CT molecular complexity index is 5250. The van der Waals surface area contributed by atoms with Crippen LogP contribution in [0.15, 0.2) is 227 Å². The van der Waals surface area contributed by atoms with Crippen molar-refractivity contribution in [2.24, 2.45) is 0 Å². The molecule has 0 amide bonds. The standard InChI is InChI=1S/C91H90N2O2S/c1-85(2,3)55-27-29-60(30-28-55)91(62-40-50-77-70(52-62)69-51-61(90(16,17)18)39-49-76(69)94-77)71-54-74(93(65-45-35-58(36-46-65)88(10,11)12)66-47-37-59(38-48-66)89(13,14)15)83-80(67-23-19-21-25-75(67)95-83)81(71)82-72(91)53-73(79-68-24-20-22-26-78(68)96-84(79)82)92(63-41-31-56(32-42-63)86(4,5)6)64-43-33-57(34-44-64)87(7,8)9/h19-54H,1-18H3. The smallest absolute Gasteiger partial charge is 0.160 e. The molecule has 5 heteroatoms. The number of hydrogen-bond acceptors (Lipinski definition) is 5. The molecule has 15 rings (SSSR count). The van der Waals surface area contributed by atoms with Crippen LogP contribution in [0.5, 0.6) is 0 Å². The minimum Gasteiger partial charge on any atom is -0.456 e. The van der Waals surface area contributed by atoms with Crippen molar-refractivity contribution in [2.45, 2.75) is 163 Å². The van der Waals surface area contributed by atoms with Crippen LogP contribution in [0.4, 0.5) is 34.1 Å². The molecule has 1 aliphatic rings. The predicted molar refractivity (Wildman–Crippen MR) is 413 cm³/mol. The van der Waals surface area contributed by atoms with Crippen molar-refractivity contribution in [1.29, 1.82) is 0 Å². The Morgan fingerprint density at radius 3 is 1.17 bits per heavy atom. The van der Waals surface area contributed by atoms with Crippen molar-refractivity contribution in [2.75, 3.05) is 9.80 Å². The Morgan fingerprint density at radius 2 is 0.677 bits per heavy atom. The molecule has 0 fully saturated rings. The first-order valence-electron chi connectivity index (χ1n) is 34.5. The van der Waals surface area contributed by atoms with E-state index in [9.17, 15) is 0 Å². The van der Waals surface area contributed by atoms with E-state index in [4.69, 9.17) is 8.83 Å². The summed E-state index contributed by atoms with van der Waals surface area (Å²) >= 11 is 1.92. The van der Waals surface area contributed by atoms with Crippen LogP contribution in [-0.4, -0.2) is 0 Å². The lowest BCUT2D eigenvalue weighted by Gasteiger charge is -2.36. The van der Waals surface area contributed by atoms with Crippen molar-refractivity contribution in [1.82, 2.24) is 0 Å². The minimum absolute atomic E-state index is 0.0471. The van der Waals surface area contributed by atoms with Gasteiger partial charge in [-0.1, -0.05) is 246 Å². The SMILES string of the molecule is CC(C)(C)c1ccc(N(c2ccc(C(C)(C)C)cc2)c2cc3c(c4c2oc2ccccc24)-c2c(cc(N(c4ccc(C(C)(C)C)cc4)c4ccc(C(C)(C)C)cc4)c4c2sc2ccccc24)C3(c2ccc(C(C)(C)C)cc2)c2ccc3oc4ccc(C(C)(C)C)cc4c3c2)cc1. The third kappa shape index (κ3) is 10.3. The second-order valence-electron chi connectivity index (χ2n) is 33.5. The molecule has 14 aromatic rings. The van der Waals surface area contributed by atoms with Crippen LogP contribution in [0.2, 0.25) is 0 Å². The van der Waals surface area contributed by atoms with Gasteiger partial charge in [-0.05, 0) is 185 Å². The van der Waals surface area contributed by atoms with Crippen LogP contribution in [0.3, 0.4) is 0 Å². The van der Waals surface area contributed by atoms with Crippen LogP contribution < -0.4 is 9.80 Å². The van der Waals surface area contributed by atoms with Gasteiger partial charge in [0.2, 0.25) is 0 Å². The van der Waals surface area contributed by atoms with E-state index in [0.717, 1.165) is 83.6 Å². The van der Waals surface area contributed by atoms with Crippen molar-refractivity contribution in [3.05, 3.63) is 274 Å². The summed E-state index contributed by atoms with van der Waals surface area (Å²) in [6.45, 7) is 41.5. The highest BCUT2D eigenvalue weighted by Gasteiger charge is 2.51. The zero-order valence-electron chi connectivity index (χ0n) is 59.4. The highest BCUT2D eigenvalue weighted by Crippen LogP contribution is 2.66. The van der Waals surface area contributed by atoms with E-state index in [1.54, 1.807) is 0 Å². The Kier molecular flexibility index (Phi) is 14.4. The van der Waals surface area contributed by atoms with Gasteiger partial charge in [0.15, 0.2) is 5.58 Å². The number of furan rings is 2. The van der Waals surface area contributed by atoms with Gasteiger partial charge < -0.3 is 18.6 Å². The first-order chi connectivity index (χ1) is 45.4. The van der Waals surface area contributed by atoms with E-state index >= 15 is 0 Å². The molecule has 1 atom stereocenters. The van der Waals surface area contributed by atoms with Gasteiger partial charge in [0.05, 0.1) is 16.8 Å². The highest BCUT2D eigenvalue weighted by atomic mass is 32.1. The minimum atomic E-state index is -0.989. The number of thiophene rings is 1. The van der Waals surface area contributed by atoms with Gasteiger partial charge in [-0.25, -0.2) is 0 Å². The summed E-state index contributed by atoms with van der Waals surface area (Å²) < 4.78 is 17.0. The Hall–Kier alpha value is -9.16. The first kappa shape index (κ1) is 62.9. The van der Waals surface area contributed by atoms with Crippen molar-refractivity contribution in [3.8, 4) is 11.1 Å². The van der Waals surface area contributed by atoms with Gasteiger partial charge in [0.25, 0.3) is 0 Å². The second-order valence-corrected chi connectivity index (χ2v) is 34.5. The molecule has 0 saturated carbocycles. The quantitative estimate of drug-likeness (QED) is 0.152. The lowest BCUT2D eigenvalue weighted by atomic mass is 9.66. The topological polar surface area (TPSA) is 32.8 Å². The summed E-state index contributed by atoms with van der Waals surface area (Å²) in [7, 11) is 0. The maximum Gasteiger partial charge on any atom is 0.160 e. The van der Waals surface area contributed by atoms with Crippen LogP contribution in [0, 0.1) is 0 Å². The Balaban J connectivity index is 1.17. The normalized spacial score (nSPS) is 14.8. The number of benzene rings is 11. The van der Waals surface area contributed by atoms with Crippen LogP contribution in [0.1, 0.15) is 180 Å². The van der Waals surface area contributed by atoms with Crippen LogP contribution in [-0.2, 0) is 37.9 Å². The Morgan fingerprint density at radius 1 is 0.302 bits per heavy atom. The summed E-state index contributed by atoms with van der Waals surface area (Å²) in [5.41, 5.74) is 23.2. The molecule has 3 heterocycles. The van der Waals surface area contributed by atoms with Crippen molar-refractivity contribution in [3.63, 3.8) is 0 Å². The number of rotatable bonds is 8. The average Bonchev–Trinajstić information content (AvgIpc) is 1.50. The van der Waals surface area contributed by atoms with Gasteiger partial charge in [-0.15, -0.1) is 11.3 Å². The van der Waals surface area contributed by atoms with Gasteiger partial charge >= 0.3 is 0 Å². The maximum atomic E-state index is 7.63. The van der Waals surface area contributed by atoms with Crippen molar-refractivity contribution < 1.29 is 8.83 Å². The number of hydrogen-bond donors (Lipinski definition) is 0. The van der Waals surface area contributed by atoms with Crippen LogP contribution >= 0.6 is 11.3 Å². The third-order valence-corrected chi connectivity index (χ3v) is 21.9. The molecule has 3 aromatic heterocycles. The molecule has 4 nitrogen and oxygen atoms in total. The lowest BCUT2D eigenvalue weighted by molar-refractivity contribution is 0.589. The monoisotopic (exact) mass is 1270 g/mol. The largest absolute Gasteiger partial charge is 0.456 e. The molecule has 1 aliphatic carbocycles. The molecule has 0 bridgehead atoms. The first-order valence-corrected chi connectivity index (χ1v) is 35.3. The number of nitrogens with zero attached hydrogens (tertiary/aromatic N) is 2. The van der Waals surface area contributed by atoms with E-state index in [1.807, 2.05) is 11.3 Å². The van der Waals surface area contributed by atoms with E-state index in [2.05, 4.69) is 353 Å². The molecular formula is C91H90N2O2S. The summed E-state index contributed by atoms with van der Waals surface area (Å²) in [6.07, 6.45) is 0. The summed E-state index contributed by atoms with van der Waals surface area (Å²) in [5, 5.41) is 6.81. The second kappa shape index (κ2) is 21.9. The van der Waals surface area contributed by atoms with E-state index in [1.165, 1.54) is 81.4 Å². The lowest BCUT2D eigenvalue weighted by Crippen LogP contribution is -2.29. The molecule has 0 aliphatic heterocycles. The highest BCUT2D eigenvalue weighted by molar-refractivity contribution is 7.26. The molecule has 11 aromatic carbocycles. The molecular weight excluding hydrogens is 1190 g/mol. The third-order valence-electron chi connectivity index (χ3n) is 20.7. The molecule has 96 heavy (non-hydrogen) atoms. The fourth-order valence-electron chi connectivity index (χ4n) is 15.1. The predicted octanol–water partition coefficient (Wildman–Crippen LogP) is 26.9. The summed E-state index contributed by atoms with van der Waals surface area (Å²) in [4.78, 5) is 5.04. The van der Waals surface area contributed by atoms with Gasteiger partial charge in [-0.2, -0.15) is 0 Å². The molecule has 0 N–H and O–H groups in total. The molecule has 0 radical (unpaired) electrons. The molecule has 0 spiro atoms. The van der Waals surface area contributed by atoms with E-state index in [-0.39, 0.29) is 32.5 Å². The maximum absolute atomic E-state index is 7.63. The Labute approximate surface area is 572 Å². The zero-order valence-corrected chi connectivity index (χ0v) is 60.2. The number of fused-ring (bicyclic) bond motifs is 14. The fourth-order valence-corrected chi connectivity index (χ4v) is 16.4. The zero-order chi connectivity index (χ0) is 67.6.